The summed E-state index contributed by atoms with van der Waals surface area (Å²) in [6.07, 6.45) is 3.71. The van der Waals surface area contributed by atoms with Gasteiger partial charge in [0.1, 0.15) is 3.70 Å². The topological polar surface area (TPSA) is 39.9 Å². The van der Waals surface area contributed by atoms with Crippen LogP contribution in [0.5, 0.6) is 0 Å². The molecule has 6 heteroatoms. The van der Waals surface area contributed by atoms with Gasteiger partial charge in [-0.1, -0.05) is 17.7 Å². The van der Waals surface area contributed by atoms with E-state index in [4.69, 9.17) is 16.3 Å². The van der Waals surface area contributed by atoms with Crippen LogP contribution in [0, 0.1) is 3.70 Å². The Bertz CT molecular complexity index is 803. The second kappa shape index (κ2) is 6.93. The van der Waals surface area contributed by atoms with Crippen LogP contribution in [0.25, 0.3) is 10.9 Å². The third kappa shape index (κ3) is 3.59. The zero-order valence-corrected chi connectivity index (χ0v) is 15.0. The molecule has 0 radical (unpaired) electrons. The minimum absolute atomic E-state index is 0.603. The molecule has 0 unspecified atom stereocenters. The SMILES string of the molecule is CCOCc1cn(Cc2ccc3ncc(Cl)cc3c2)nc1I. The first-order chi connectivity index (χ1) is 10.7. The van der Waals surface area contributed by atoms with Crippen molar-refractivity contribution in [1.82, 2.24) is 14.8 Å². The molecule has 2 aromatic heterocycles. The van der Waals surface area contributed by atoms with Crippen molar-refractivity contribution in [2.45, 2.75) is 20.1 Å². The first kappa shape index (κ1) is 15.7. The van der Waals surface area contributed by atoms with Gasteiger partial charge in [-0.15, -0.1) is 0 Å². The maximum atomic E-state index is 6.01. The zero-order chi connectivity index (χ0) is 15.5. The van der Waals surface area contributed by atoms with Crippen LogP contribution in [0.4, 0.5) is 0 Å². The van der Waals surface area contributed by atoms with E-state index in [0.29, 0.717) is 24.8 Å². The Labute approximate surface area is 147 Å². The van der Waals surface area contributed by atoms with Crippen molar-refractivity contribution in [2.75, 3.05) is 6.61 Å². The van der Waals surface area contributed by atoms with Crippen LogP contribution in [-0.4, -0.2) is 21.4 Å². The van der Waals surface area contributed by atoms with E-state index in [1.807, 2.05) is 29.9 Å². The second-order valence-electron chi connectivity index (χ2n) is 4.96. The number of hydrogen-bond donors (Lipinski definition) is 0. The van der Waals surface area contributed by atoms with Gasteiger partial charge in [-0.05, 0) is 53.3 Å². The summed E-state index contributed by atoms with van der Waals surface area (Å²) in [5, 5.41) is 6.23. The average Bonchev–Trinajstić information content (AvgIpc) is 2.84. The van der Waals surface area contributed by atoms with Crippen LogP contribution >= 0.6 is 34.2 Å². The number of nitrogens with zero attached hydrogens (tertiary/aromatic N) is 3. The third-order valence-corrected chi connectivity index (χ3v) is 4.42. The summed E-state index contributed by atoms with van der Waals surface area (Å²) in [6, 6.07) is 8.11. The van der Waals surface area contributed by atoms with Gasteiger partial charge in [-0.2, -0.15) is 5.10 Å². The van der Waals surface area contributed by atoms with Gasteiger partial charge >= 0.3 is 0 Å². The van der Waals surface area contributed by atoms with E-state index in [9.17, 15) is 0 Å². The van der Waals surface area contributed by atoms with Gasteiger partial charge < -0.3 is 4.74 Å². The highest BCUT2D eigenvalue weighted by molar-refractivity contribution is 14.1. The lowest BCUT2D eigenvalue weighted by atomic mass is 10.1. The summed E-state index contributed by atoms with van der Waals surface area (Å²) < 4.78 is 8.38. The lowest BCUT2D eigenvalue weighted by molar-refractivity contribution is 0.133. The molecule has 0 amide bonds. The molecular formula is C16H15ClIN3O. The normalized spacial score (nSPS) is 11.2. The minimum atomic E-state index is 0.603. The van der Waals surface area contributed by atoms with Crippen LogP contribution in [0.3, 0.4) is 0 Å². The Morgan fingerprint density at radius 3 is 3.00 bits per heavy atom. The van der Waals surface area contributed by atoms with Crippen LogP contribution in [0.2, 0.25) is 5.02 Å². The first-order valence-electron chi connectivity index (χ1n) is 6.99. The van der Waals surface area contributed by atoms with E-state index >= 15 is 0 Å². The molecule has 0 saturated heterocycles. The quantitative estimate of drug-likeness (QED) is 0.571. The Kier molecular flexibility index (Phi) is 4.95. The predicted molar refractivity (Wildman–Crippen MR) is 96.1 cm³/mol. The highest BCUT2D eigenvalue weighted by Crippen LogP contribution is 2.19. The molecule has 3 rings (SSSR count). The highest BCUT2D eigenvalue weighted by atomic mass is 127. The van der Waals surface area contributed by atoms with Gasteiger partial charge in [0, 0.05) is 30.0 Å². The number of rotatable bonds is 5. The summed E-state index contributed by atoms with van der Waals surface area (Å²) in [4.78, 5) is 4.31. The van der Waals surface area contributed by atoms with Crippen molar-refractivity contribution in [3.05, 3.63) is 56.5 Å². The standard InChI is InChI=1S/C16H15ClIN3O/c1-2-22-10-13-9-21(20-16(13)18)8-11-3-4-15-12(5-11)6-14(17)7-19-15/h3-7,9H,2,8,10H2,1H3. The van der Waals surface area contributed by atoms with E-state index in [-0.39, 0.29) is 0 Å². The van der Waals surface area contributed by atoms with Crippen LogP contribution in [-0.2, 0) is 17.9 Å². The van der Waals surface area contributed by atoms with Gasteiger partial charge in [0.05, 0.1) is 23.7 Å². The minimum Gasteiger partial charge on any atom is -0.377 e. The Morgan fingerprint density at radius 1 is 1.32 bits per heavy atom. The number of aromatic nitrogens is 3. The Hall–Kier alpha value is -1.18. The average molecular weight is 428 g/mol. The third-order valence-electron chi connectivity index (χ3n) is 3.30. The van der Waals surface area contributed by atoms with Gasteiger partial charge in [0.2, 0.25) is 0 Å². The van der Waals surface area contributed by atoms with Crippen molar-refractivity contribution >= 4 is 45.1 Å². The fraction of sp³-hybridized carbons (Fsp3) is 0.250. The number of fused-ring (bicyclic) bond motifs is 1. The molecule has 0 bridgehead atoms. The lowest BCUT2D eigenvalue weighted by Crippen LogP contribution is -2.00. The predicted octanol–water partition coefficient (Wildman–Crippen LogP) is 4.27. The van der Waals surface area contributed by atoms with Crippen LogP contribution in [0.1, 0.15) is 18.1 Å². The van der Waals surface area contributed by atoms with Crippen molar-refractivity contribution in [3.8, 4) is 0 Å². The van der Waals surface area contributed by atoms with E-state index in [2.05, 4.69) is 44.8 Å². The summed E-state index contributed by atoms with van der Waals surface area (Å²) in [5.74, 6) is 0. The molecule has 0 aliphatic heterocycles. The molecule has 4 nitrogen and oxygen atoms in total. The molecular weight excluding hydrogens is 413 g/mol. The number of pyridine rings is 1. The molecule has 114 valence electrons. The molecule has 1 aromatic carbocycles. The van der Waals surface area contributed by atoms with Crippen LogP contribution in [0.15, 0.2) is 36.7 Å². The van der Waals surface area contributed by atoms with E-state index < -0.39 is 0 Å². The van der Waals surface area contributed by atoms with Crippen molar-refractivity contribution in [2.24, 2.45) is 0 Å². The summed E-state index contributed by atoms with van der Waals surface area (Å²) in [7, 11) is 0. The molecule has 0 aliphatic carbocycles. The molecule has 0 fully saturated rings. The number of hydrogen-bond acceptors (Lipinski definition) is 3. The molecule has 0 spiro atoms. The number of ether oxygens (including phenoxy) is 1. The maximum Gasteiger partial charge on any atom is 0.128 e. The molecule has 22 heavy (non-hydrogen) atoms. The summed E-state index contributed by atoms with van der Waals surface area (Å²) in [6.45, 7) is 4.02. The smallest absolute Gasteiger partial charge is 0.128 e. The summed E-state index contributed by atoms with van der Waals surface area (Å²) in [5.41, 5.74) is 3.23. The monoisotopic (exact) mass is 427 g/mol. The molecule has 2 heterocycles. The lowest BCUT2D eigenvalue weighted by Gasteiger charge is -2.04. The molecule has 3 aromatic rings. The maximum absolute atomic E-state index is 6.01. The molecule has 0 N–H and O–H groups in total. The largest absolute Gasteiger partial charge is 0.377 e. The molecule has 0 atom stereocenters. The number of halogens is 2. The fourth-order valence-corrected chi connectivity index (χ4v) is 3.01. The molecule has 0 saturated carbocycles. The van der Waals surface area contributed by atoms with Gasteiger partial charge in [0.25, 0.3) is 0 Å². The highest BCUT2D eigenvalue weighted by Gasteiger charge is 2.07. The Morgan fingerprint density at radius 2 is 2.18 bits per heavy atom. The number of benzene rings is 1. The van der Waals surface area contributed by atoms with E-state index in [1.165, 1.54) is 5.56 Å². The second-order valence-corrected chi connectivity index (χ2v) is 6.42. The fourth-order valence-electron chi connectivity index (χ4n) is 2.27. The molecule has 0 aliphatic rings. The van der Waals surface area contributed by atoms with Crippen molar-refractivity contribution < 1.29 is 4.74 Å². The summed E-state index contributed by atoms with van der Waals surface area (Å²) >= 11 is 8.25. The van der Waals surface area contributed by atoms with Crippen LogP contribution < -0.4 is 0 Å². The van der Waals surface area contributed by atoms with Gasteiger partial charge in [-0.25, -0.2) is 0 Å². The van der Waals surface area contributed by atoms with Gasteiger partial charge in [0.15, 0.2) is 0 Å². The zero-order valence-electron chi connectivity index (χ0n) is 12.1. The van der Waals surface area contributed by atoms with Gasteiger partial charge in [-0.3, -0.25) is 9.67 Å². The first-order valence-corrected chi connectivity index (χ1v) is 8.45. The van der Waals surface area contributed by atoms with E-state index in [0.717, 1.165) is 20.2 Å². The van der Waals surface area contributed by atoms with E-state index in [1.54, 1.807) is 6.20 Å². The van der Waals surface area contributed by atoms with Crippen molar-refractivity contribution in [3.63, 3.8) is 0 Å². The Balaban J connectivity index is 1.83. The van der Waals surface area contributed by atoms with Crippen molar-refractivity contribution in [1.29, 1.82) is 0 Å².